The zero-order chi connectivity index (χ0) is 14.3. The highest BCUT2D eigenvalue weighted by Crippen LogP contribution is 2.56. The van der Waals surface area contributed by atoms with Crippen LogP contribution < -0.4 is 5.32 Å². The van der Waals surface area contributed by atoms with Crippen LogP contribution >= 0.6 is 0 Å². The first-order chi connectivity index (χ1) is 10.3. The lowest BCUT2D eigenvalue weighted by atomic mass is 9.75. The van der Waals surface area contributed by atoms with Gasteiger partial charge in [-0.15, -0.1) is 0 Å². The van der Waals surface area contributed by atoms with Crippen molar-refractivity contribution in [2.24, 2.45) is 23.7 Å². The third-order valence-corrected chi connectivity index (χ3v) is 6.97. The van der Waals surface area contributed by atoms with Crippen LogP contribution in [0.2, 0.25) is 0 Å². The number of fused-ring (bicyclic) bond motifs is 1. The van der Waals surface area contributed by atoms with Crippen molar-refractivity contribution < 1.29 is 4.74 Å². The summed E-state index contributed by atoms with van der Waals surface area (Å²) in [7, 11) is 0. The molecule has 0 amide bonds. The summed E-state index contributed by atoms with van der Waals surface area (Å²) in [5.41, 5.74) is 0.288. The van der Waals surface area contributed by atoms with Crippen LogP contribution in [0.1, 0.15) is 71.1 Å². The lowest BCUT2D eigenvalue weighted by Crippen LogP contribution is -2.49. The van der Waals surface area contributed by atoms with Crippen LogP contribution in [0.4, 0.5) is 0 Å². The molecule has 0 aromatic carbocycles. The highest BCUT2D eigenvalue weighted by molar-refractivity contribution is 5.02. The zero-order valence-electron chi connectivity index (χ0n) is 13.8. The maximum absolute atomic E-state index is 6.28. The van der Waals surface area contributed by atoms with Gasteiger partial charge < -0.3 is 10.1 Å². The summed E-state index contributed by atoms with van der Waals surface area (Å²) in [6.07, 6.45) is 14.0. The predicted molar refractivity (Wildman–Crippen MR) is 86.3 cm³/mol. The minimum absolute atomic E-state index is 0.288. The van der Waals surface area contributed by atoms with Crippen molar-refractivity contribution in [3.05, 3.63) is 0 Å². The fourth-order valence-corrected chi connectivity index (χ4v) is 5.82. The van der Waals surface area contributed by atoms with Crippen LogP contribution in [0.3, 0.4) is 0 Å². The van der Waals surface area contributed by atoms with Crippen LogP contribution in [0, 0.1) is 23.7 Å². The molecule has 4 fully saturated rings. The van der Waals surface area contributed by atoms with Gasteiger partial charge in [-0.25, -0.2) is 0 Å². The van der Waals surface area contributed by atoms with Crippen LogP contribution in [-0.2, 0) is 4.74 Å². The second-order valence-electron chi connectivity index (χ2n) is 8.46. The first-order valence-corrected chi connectivity index (χ1v) is 9.67. The van der Waals surface area contributed by atoms with E-state index in [1.54, 1.807) is 6.42 Å². The van der Waals surface area contributed by atoms with Gasteiger partial charge >= 0.3 is 0 Å². The Balaban J connectivity index is 1.43. The van der Waals surface area contributed by atoms with Gasteiger partial charge in [0.2, 0.25) is 0 Å². The van der Waals surface area contributed by atoms with E-state index in [1.165, 1.54) is 64.3 Å². The standard InChI is InChI=1S/C19H33NO/c1-2-8-20-18(17-11-15-10-16(15)12-17)14-5-9-21-19(13-14)6-3-4-7-19/h14-18,20H,2-13H2,1H3. The van der Waals surface area contributed by atoms with Crippen molar-refractivity contribution in [3.63, 3.8) is 0 Å². The Labute approximate surface area is 130 Å². The Morgan fingerprint density at radius 1 is 1.10 bits per heavy atom. The first kappa shape index (κ1) is 14.5. The normalized spacial score (nSPS) is 42.1. The van der Waals surface area contributed by atoms with Gasteiger partial charge in [0.1, 0.15) is 0 Å². The van der Waals surface area contributed by atoms with Crippen LogP contribution in [-0.4, -0.2) is 24.8 Å². The highest BCUT2D eigenvalue weighted by Gasteiger charge is 2.50. The Morgan fingerprint density at radius 3 is 2.57 bits per heavy atom. The van der Waals surface area contributed by atoms with Crippen molar-refractivity contribution in [3.8, 4) is 0 Å². The van der Waals surface area contributed by atoms with E-state index in [-0.39, 0.29) is 5.60 Å². The minimum atomic E-state index is 0.288. The van der Waals surface area contributed by atoms with Crippen molar-refractivity contribution in [2.45, 2.75) is 82.8 Å². The minimum Gasteiger partial charge on any atom is -0.375 e. The smallest absolute Gasteiger partial charge is 0.0685 e. The molecule has 0 radical (unpaired) electrons. The molecule has 2 heteroatoms. The summed E-state index contributed by atoms with van der Waals surface area (Å²) < 4.78 is 6.28. The summed E-state index contributed by atoms with van der Waals surface area (Å²) in [6, 6.07) is 0.791. The second kappa shape index (κ2) is 5.85. The van der Waals surface area contributed by atoms with Gasteiger partial charge in [-0.05, 0) is 81.6 Å². The molecule has 1 spiro atoms. The molecule has 0 bridgehead atoms. The number of hydrogen-bond donors (Lipinski definition) is 1. The van der Waals surface area contributed by atoms with E-state index in [0.29, 0.717) is 0 Å². The molecule has 3 aliphatic carbocycles. The average Bonchev–Trinajstić information content (AvgIpc) is 2.90. The van der Waals surface area contributed by atoms with Crippen LogP contribution in [0.25, 0.3) is 0 Å². The van der Waals surface area contributed by atoms with Crippen molar-refractivity contribution in [1.82, 2.24) is 5.32 Å². The van der Waals surface area contributed by atoms with E-state index < -0.39 is 0 Å². The van der Waals surface area contributed by atoms with E-state index in [0.717, 1.165) is 36.3 Å². The molecule has 1 heterocycles. The maximum atomic E-state index is 6.28. The molecule has 0 aromatic rings. The Hall–Kier alpha value is -0.0800. The average molecular weight is 291 g/mol. The van der Waals surface area contributed by atoms with E-state index in [4.69, 9.17) is 4.74 Å². The fraction of sp³-hybridized carbons (Fsp3) is 1.00. The van der Waals surface area contributed by atoms with Crippen molar-refractivity contribution in [2.75, 3.05) is 13.2 Å². The van der Waals surface area contributed by atoms with Crippen molar-refractivity contribution in [1.29, 1.82) is 0 Å². The maximum Gasteiger partial charge on any atom is 0.0685 e. The van der Waals surface area contributed by atoms with E-state index in [2.05, 4.69) is 12.2 Å². The van der Waals surface area contributed by atoms with Crippen molar-refractivity contribution >= 4 is 0 Å². The van der Waals surface area contributed by atoms with Crippen LogP contribution in [0.5, 0.6) is 0 Å². The summed E-state index contributed by atoms with van der Waals surface area (Å²) in [6.45, 7) is 4.54. The molecule has 120 valence electrons. The van der Waals surface area contributed by atoms with E-state index in [9.17, 15) is 0 Å². The summed E-state index contributed by atoms with van der Waals surface area (Å²) in [4.78, 5) is 0. The summed E-state index contributed by atoms with van der Waals surface area (Å²) in [5, 5.41) is 3.97. The summed E-state index contributed by atoms with van der Waals surface area (Å²) in [5.74, 6) is 4.08. The molecule has 4 aliphatic rings. The second-order valence-corrected chi connectivity index (χ2v) is 8.46. The molecule has 1 aliphatic heterocycles. The van der Waals surface area contributed by atoms with Gasteiger partial charge in [0.05, 0.1) is 5.60 Å². The Bertz CT molecular complexity index is 353. The fourth-order valence-electron chi connectivity index (χ4n) is 5.82. The third kappa shape index (κ3) is 2.91. The largest absolute Gasteiger partial charge is 0.375 e. The van der Waals surface area contributed by atoms with E-state index in [1.807, 2.05) is 0 Å². The highest BCUT2D eigenvalue weighted by atomic mass is 16.5. The van der Waals surface area contributed by atoms with Gasteiger partial charge in [0.25, 0.3) is 0 Å². The Morgan fingerprint density at radius 2 is 1.86 bits per heavy atom. The SMILES string of the molecule is CCCNC(C1CC2CC2C1)C1CCOC2(CCCC2)C1. The topological polar surface area (TPSA) is 21.3 Å². The van der Waals surface area contributed by atoms with Gasteiger partial charge in [0.15, 0.2) is 0 Å². The third-order valence-electron chi connectivity index (χ3n) is 6.97. The molecule has 4 rings (SSSR count). The van der Waals surface area contributed by atoms with E-state index >= 15 is 0 Å². The predicted octanol–water partition coefficient (Wildman–Crippen LogP) is 4.14. The number of hydrogen-bond acceptors (Lipinski definition) is 2. The summed E-state index contributed by atoms with van der Waals surface area (Å²) >= 11 is 0. The monoisotopic (exact) mass is 291 g/mol. The number of nitrogens with one attached hydrogen (secondary N) is 1. The Kier molecular flexibility index (Phi) is 4.04. The lowest BCUT2D eigenvalue weighted by Gasteiger charge is -2.43. The number of ether oxygens (including phenoxy) is 1. The van der Waals surface area contributed by atoms with Gasteiger partial charge in [0, 0.05) is 12.6 Å². The van der Waals surface area contributed by atoms with Gasteiger partial charge in [-0.2, -0.15) is 0 Å². The molecule has 1 saturated heterocycles. The van der Waals surface area contributed by atoms with Crippen LogP contribution in [0.15, 0.2) is 0 Å². The number of rotatable bonds is 5. The molecular formula is C19H33NO. The molecule has 2 nitrogen and oxygen atoms in total. The lowest BCUT2D eigenvalue weighted by molar-refractivity contribution is -0.101. The first-order valence-electron chi connectivity index (χ1n) is 9.67. The molecule has 4 atom stereocenters. The zero-order valence-corrected chi connectivity index (χ0v) is 13.8. The van der Waals surface area contributed by atoms with Gasteiger partial charge in [-0.3, -0.25) is 0 Å². The molecular weight excluding hydrogens is 258 g/mol. The molecule has 1 N–H and O–H groups in total. The molecule has 3 saturated carbocycles. The molecule has 4 unspecified atom stereocenters. The quantitative estimate of drug-likeness (QED) is 0.822. The van der Waals surface area contributed by atoms with Gasteiger partial charge in [-0.1, -0.05) is 19.8 Å². The molecule has 0 aromatic heterocycles. The molecule has 21 heavy (non-hydrogen) atoms.